The lowest BCUT2D eigenvalue weighted by Crippen LogP contribution is -2.34. The molecule has 0 radical (unpaired) electrons. The summed E-state index contributed by atoms with van der Waals surface area (Å²) in [4.78, 5) is 30.5. The maximum atomic E-state index is 12.3. The molecule has 0 saturated carbocycles. The van der Waals surface area contributed by atoms with Gasteiger partial charge >= 0.3 is 5.69 Å². The number of anilines is 1. The first-order valence-corrected chi connectivity index (χ1v) is 6.31. The molecule has 2 aromatic heterocycles. The minimum atomic E-state index is -1.31. The van der Waals surface area contributed by atoms with Crippen LogP contribution in [0.15, 0.2) is 9.59 Å². The molecule has 5 N–H and O–H groups in total. The van der Waals surface area contributed by atoms with Crippen molar-refractivity contribution in [2.75, 3.05) is 5.73 Å². The van der Waals surface area contributed by atoms with Gasteiger partial charge < -0.3 is 20.7 Å². The van der Waals surface area contributed by atoms with E-state index in [2.05, 4.69) is 9.97 Å². The lowest BCUT2D eigenvalue weighted by molar-refractivity contribution is -0.0321. The van der Waals surface area contributed by atoms with E-state index in [0.717, 1.165) is 9.13 Å². The number of aromatic amines is 1. The number of aliphatic hydroxyl groups excluding tert-OH is 2. The molecule has 114 valence electrons. The second kappa shape index (κ2) is 4.41. The number of imidazole rings is 1. The van der Waals surface area contributed by atoms with Crippen LogP contribution in [0.3, 0.4) is 0 Å². The standard InChI is InChI=1S/C11H15N5O5/c1-3-5(17)6(18)9(21-3)16-7-4(15(2)11(16)20)8(19)14-10(12)13-7/h3,5-6,9,17-18H,1-2H3,(H3,12,13,14,19)/t3-,5-,6-,9-/m1/s1. The Labute approximate surface area is 117 Å². The molecule has 10 nitrogen and oxygen atoms in total. The molecular formula is C11H15N5O5. The Balaban J connectivity index is 2.32. The molecular weight excluding hydrogens is 282 g/mol. The van der Waals surface area contributed by atoms with E-state index in [1.807, 2.05) is 0 Å². The van der Waals surface area contributed by atoms with Gasteiger partial charge in [-0.25, -0.2) is 9.36 Å². The van der Waals surface area contributed by atoms with Gasteiger partial charge in [0.2, 0.25) is 5.95 Å². The molecule has 1 aliphatic heterocycles. The maximum Gasteiger partial charge on any atom is 0.332 e. The number of nitrogens with two attached hydrogens (primary N) is 1. The summed E-state index contributed by atoms with van der Waals surface area (Å²) in [5, 5.41) is 19.8. The summed E-state index contributed by atoms with van der Waals surface area (Å²) in [5.41, 5.74) is 4.33. The summed E-state index contributed by atoms with van der Waals surface area (Å²) < 4.78 is 7.53. The maximum absolute atomic E-state index is 12.3. The van der Waals surface area contributed by atoms with Crippen LogP contribution in [0.2, 0.25) is 0 Å². The third-order valence-corrected chi connectivity index (χ3v) is 3.68. The van der Waals surface area contributed by atoms with E-state index < -0.39 is 35.8 Å². The number of hydrogen-bond donors (Lipinski definition) is 4. The van der Waals surface area contributed by atoms with Crippen molar-refractivity contribution in [3.63, 3.8) is 0 Å². The quantitative estimate of drug-likeness (QED) is 0.460. The molecule has 0 amide bonds. The Bertz CT molecular complexity index is 821. The van der Waals surface area contributed by atoms with Gasteiger partial charge in [-0.15, -0.1) is 0 Å². The third-order valence-electron chi connectivity index (χ3n) is 3.68. The van der Waals surface area contributed by atoms with Gasteiger partial charge in [-0.05, 0) is 6.92 Å². The fourth-order valence-corrected chi connectivity index (χ4v) is 2.56. The molecule has 0 aromatic carbocycles. The van der Waals surface area contributed by atoms with E-state index in [9.17, 15) is 19.8 Å². The largest absolute Gasteiger partial charge is 0.388 e. The van der Waals surface area contributed by atoms with E-state index in [0.29, 0.717) is 0 Å². The van der Waals surface area contributed by atoms with Crippen molar-refractivity contribution in [1.29, 1.82) is 0 Å². The minimum absolute atomic E-state index is 0.00546. The Morgan fingerprint density at radius 1 is 1.33 bits per heavy atom. The van der Waals surface area contributed by atoms with Crippen molar-refractivity contribution in [2.45, 2.75) is 31.5 Å². The molecule has 21 heavy (non-hydrogen) atoms. The number of nitrogens with one attached hydrogen (secondary N) is 1. The number of aryl methyl sites for hydroxylation is 1. The molecule has 0 unspecified atom stereocenters. The Morgan fingerprint density at radius 3 is 2.57 bits per heavy atom. The van der Waals surface area contributed by atoms with Crippen LogP contribution in [0, 0.1) is 0 Å². The van der Waals surface area contributed by atoms with Crippen LogP contribution in [0.5, 0.6) is 0 Å². The van der Waals surface area contributed by atoms with Gasteiger partial charge in [0, 0.05) is 7.05 Å². The van der Waals surface area contributed by atoms with Crippen LogP contribution in [0.25, 0.3) is 11.2 Å². The number of H-pyrrole nitrogens is 1. The van der Waals surface area contributed by atoms with Crippen molar-refractivity contribution in [1.82, 2.24) is 19.1 Å². The van der Waals surface area contributed by atoms with E-state index in [1.54, 1.807) is 6.92 Å². The number of aromatic nitrogens is 4. The predicted octanol–water partition coefficient (Wildman–Crippen LogP) is -2.36. The number of hydrogen-bond acceptors (Lipinski definition) is 7. The first-order chi connectivity index (χ1) is 9.82. The van der Waals surface area contributed by atoms with Gasteiger partial charge in [-0.1, -0.05) is 0 Å². The zero-order chi connectivity index (χ0) is 15.5. The Hall–Kier alpha value is -2.17. The first kappa shape index (κ1) is 13.8. The van der Waals surface area contributed by atoms with Crippen LogP contribution >= 0.6 is 0 Å². The number of fused-ring (bicyclic) bond motifs is 1. The second-order valence-electron chi connectivity index (χ2n) is 5.05. The van der Waals surface area contributed by atoms with Crippen molar-refractivity contribution in [3.05, 3.63) is 20.8 Å². The van der Waals surface area contributed by atoms with Crippen molar-refractivity contribution >= 4 is 17.1 Å². The summed E-state index contributed by atoms with van der Waals surface area (Å²) >= 11 is 0. The highest BCUT2D eigenvalue weighted by Gasteiger charge is 2.43. The SMILES string of the molecule is C[C@H]1O[C@@H](n2c(=O)n(C)c3c(=O)[nH]c(N)nc32)[C@H](O)[C@@H]1O. The number of rotatable bonds is 1. The van der Waals surface area contributed by atoms with Crippen molar-refractivity contribution in [2.24, 2.45) is 7.05 Å². The minimum Gasteiger partial charge on any atom is -0.388 e. The normalized spacial score (nSPS) is 29.3. The van der Waals surface area contributed by atoms with Gasteiger partial charge in [0.25, 0.3) is 5.56 Å². The highest BCUT2D eigenvalue weighted by Crippen LogP contribution is 2.29. The molecule has 3 heterocycles. The summed E-state index contributed by atoms with van der Waals surface area (Å²) in [6.07, 6.45) is -4.26. The fraction of sp³-hybridized carbons (Fsp3) is 0.545. The van der Waals surface area contributed by atoms with Crippen molar-refractivity contribution < 1.29 is 14.9 Å². The molecule has 0 spiro atoms. The van der Waals surface area contributed by atoms with Gasteiger partial charge in [-0.3, -0.25) is 14.3 Å². The second-order valence-corrected chi connectivity index (χ2v) is 5.05. The lowest BCUT2D eigenvalue weighted by atomic mass is 10.1. The van der Waals surface area contributed by atoms with E-state index in [1.165, 1.54) is 7.05 Å². The van der Waals surface area contributed by atoms with Crippen LogP contribution in [-0.2, 0) is 11.8 Å². The molecule has 2 aromatic rings. The Kier molecular flexibility index (Phi) is 2.90. The lowest BCUT2D eigenvalue weighted by Gasteiger charge is -2.15. The molecule has 1 fully saturated rings. The Morgan fingerprint density at radius 2 is 2.00 bits per heavy atom. The van der Waals surface area contributed by atoms with Gasteiger partial charge in [0.1, 0.15) is 12.2 Å². The topological polar surface area (TPSA) is 148 Å². The van der Waals surface area contributed by atoms with Crippen LogP contribution in [0.1, 0.15) is 13.2 Å². The molecule has 1 aliphatic rings. The zero-order valence-corrected chi connectivity index (χ0v) is 11.3. The highest BCUT2D eigenvalue weighted by atomic mass is 16.6. The molecule has 0 aliphatic carbocycles. The molecule has 3 rings (SSSR count). The zero-order valence-electron chi connectivity index (χ0n) is 11.3. The van der Waals surface area contributed by atoms with Crippen LogP contribution < -0.4 is 17.0 Å². The molecule has 0 bridgehead atoms. The predicted molar refractivity (Wildman–Crippen MR) is 71.6 cm³/mol. The first-order valence-electron chi connectivity index (χ1n) is 6.31. The molecule has 4 atom stereocenters. The number of aliphatic hydroxyl groups is 2. The van der Waals surface area contributed by atoms with E-state index >= 15 is 0 Å². The smallest absolute Gasteiger partial charge is 0.332 e. The fourth-order valence-electron chi connectivity index (χ4n) is 2.56. The third kappa shape index (κ3) is 1.80. The van der Waals surface area contributed by atoms with Gasteiger partial charge in [-0.2, -0.15) is 4.98 Å². The molecule has 1 saturated heterocycles. The highest BCUT2D eigenvalue weighted by molar-refractivity contribution is 5.71. The number of nitrogens with zero attached hydrogens (tertiary/aromatic N) is 3. The van der Waals surface area contributed by atoms with Gasteiger partial charge in [0.15, 0.2) is 17.4 Å². The molecule has 10 heteroatoms. The van der Waals surface area contributed by atoms with Crippen LogP contribution in [0.4, 0.5) is 5.95 Å². The monoisotopic (exact) mass is 297 g/mol. The van der Waals surface area contributed by atoms with Gasteiger partial charge in [0.05, 0.1) is 6.10 Å². The van der Waals surface area contributed by atoms with Crippen LogP contribution in [-0.4, -0.2) is 47.6 Å². The average molecular weight is 297 g/mol. The summed E-state index contributed by atoms with van der Waals surface area (Å²) in [7, 11) is 1.40. The number of nitrogen functional groups attached to an aromatic ring is 1. The number of ether oxygens (including phenoxy) is 1. The summed E-state index contributed by atoms with van der Waals surface area (Å²) in [5.74, 6) is -0.159. The van der Waals surface area contributed by atoms with E-state index in [-0.39, 0.29) is 17.1 Å². The summed E-state index contributed by atoms with van der Waals surface area (Å²) in [6, 6.07) is 0. The average Bonchev–Trinajstić information content (AvgIpc) is 2.79. The van der Waals surface area contributed by atoms with E-state index in [4.69, 9.17) is 10.5 Å². The van der Waals surface area contributed by atoms with Crippen molar-refractivity contribution in [3.8, 4) is 0 Å². The summed E-state index contributed by atoms with van der Waals surface area (Å²) in [6.45, 7) is 1.57.